The van der Waals surface area contributed by atoms with Crippen molar-refractivity contribution >= 4 is 82.7 Å². The smallest absolute Gasteiger partial charge is 0.0713 e. The van der Waals surface area contributed by atoms with Crippen molar-refractivity contribution in [3.05, 3.63) is 400 Å². The summed E-state index contributed by atoms with van der Waals surface area (Å²) in [6.45, 7) is 0. The lowest BCUT2D eigenvalue weighted by Gasteiger charge is -2.49. The number of anilines is 9. The van der Waals surface area contributed by atoms with E-state index in [1.165, 1.54) is 370 Å². The molecule has 1 aromatic heterocycles. The fraction of sp³-hybridized carbons (Fsp3) is 0.387. The first-order chi connectivity index (χ1) is 69.9. The first kappa shape index (κ1) is 89.8. The molecule has 141 heavy (non-hydrogen) atoms. The zero-order chi connectivity index (χ0) is 93.3. The molecule has 11 saturated carbocycles. The molecule has 4 heteroatoms. The van der Waals surface area contributed by atoms with Crippen LogP contribution < -0.4 is 14.7 Å². The van der Waals surface area contributed by atoms with Gasteiger partial charge in [-0.2, -0.15) is 0 Å². The molecular formula is C137H143N3S. The fourth-order valence-electron chi connectivity index (χ4n) is 32.2. The molecule has 712 valence electrons. The van der Waals surface area contributed by atoms with Crippen LogP contribution in [0.1, 0.15) is 340 Å². The normalized spacial score (nSPS) is 23.7. The van der Waals surface area contributed by atoms with E-state index in [0.29, 0.717) is 5.92 Å². The second kappa shape index (κ2) is 39.1. The van der Waals surface area contributed by atoms with E-state index < -0.39 is 0 Å². The van der Waals surface area contributed by atoms with Crippen LogP contribution in [0.5, 0.6) is 0 Å². The maximum absolute atomic E-state index is 2.71. The summed E-state index contributed by atoms with van der Waals surface area (Å²) >= 11 is 1.90. The highest BCUT2D eigenvalue weighted by Gasteiger charge is 2.54. The lowest BCUT2D eigenvalue weighted by molar-refractivity contribution is 0.137. The van der Waals surface area contributed by atoms with Crippen molar-refractivity contribution in [2.24, 2.45) is 47.3 Å². The van der Waals surface area contributed by atoms with Crippen LogP contribution in [0.2, 0.25) is 0 Å². The molecule has 15 aromatic rings. The van der Waals surface area contributed by atoms with Gasteiger partial charge in [0, 0.05) is 71.1 Å². The SMILES string of the molecule is c1ccc(C2(c3ccc(N(c4ccc(C5CCCCC5)cc4)c4ccc(C5CC6CCC5C6)cc4)cc3)c3ccccc3-c3ccccc32)cc1.c1ccc2c(c1)-c1ccc(N(c3ccc(C4CCCCC4)cc3)c3ccc(C4CC5CCC4C5)cc3)cc1C2(C1CCCCC1)C1CCCCC1.c1ccc2c(c1)sc1cccc(N(c3ccc(C4CCCCC4)cc3)c3ccc(C4CC5CCC4C5)cc3)c12. The van der Waals surface area contributed by atoms with Gasteiger partial charge in [0.1, 0.15) is 0 Å². The lowest BCUT2D eigenvalue weighted by Crippen LogP contribution is -2.44. The Labute approximate surface area is 845 Å². The standard InChI is InChI=1S/C50H59N.C50H47N.C37H37NS/c1-4-12-36(13-5-1)37-22-26-42(27-23-37)51(43-28-24-38(25-29-43)47-33-35-20-21-39(47)32-35)44-30-31-46-45-18-10-11-19-48(45)50(49(46)34-44,40-14-6-2-7-15-40)41-16-8-3-9-17-41;1-3-11-36(12-4-1)37-21-27-42(28-22-37)51(43-29-23-38(24-30-43)47-34-35-19-20-39(47)33-35)44-31-25-41(26-32-44)50(40-13-5-2-6-14-40)48-17-9-7-15-45(48)46-16-8-10-18-49(46)50;1-2-7-26(8-3-1)27-15-19-30(20-16-27)38(31-21-17-28(18-22-31)33-24-25-13-14-29(33)23-25)34-10-6-12-36-37(34)32-9-4-5-11-35(32)39-36/h10-11,18-19,22-31,34-36,39-41,47H,1-9,12-17,20-21,32-33H2;2,5-10,13-18,21-32,35-36,39,47H,1,3-4,11-12,19-20,33-34H2;4-6,9-12,15-22,25-26,29,33H,1-3,7-8,13-14,23-24H2. The zero-order valence-electron chi connectivity index (χ0n) is 83.3. The van der Waals surface area contributed by atoms with E-state index in [4.69, 9.17) is 0 Å². The molecule has 14 aromatic carbocycles. The monoisotopic (exact) mass is 1860 g/mol. The van der Waals surface area contributed by atoms with Crippen molar-refractivity contribution in [2.75, 3.05) is 14.7 Å². The van der Waals surface area contributed by atoms with Gasteiger partial charge in [-0.1, -0.05) is 334 Å². The Bertz CT molecular complexity index is 6810. The second-order valence-corrected chi connectivity index (χ2v) is 47.3. The molecule has 13 aliphatic carbocycles. The quantitative estimate of drug-likeness (QED) is 0.0799. The molecule has 11 fully saturated rings. The number of thiophene rings is 1. The predicted octanol–water partition coefficient (Wildman–Crippen LogP) is 39.5. The van der Waals surface area contributed by atoms with Gasteiger partial charge < -0.3 is 14.7 Å². The Balaban J connectivity index is 0.000000110. The topological polar surface area (TPSA) is 9.72 Å². The van der Waals surface area contributed by atoms with Gasteiger partial charge in [-0.25, -0.2) is 0 Å². The van der Waals surface area contributed by atoms with Crippen LogP contribution in [0.3, 0.4) is 0 Å². The van der Waals surface area contributed by atoms with E-state index in [9.17, 15) is 0 Å². The Morgan fingerprint density at radius 1 is 0.220 bits per heavy atom. The number of fused-ring (bicyclic) bond motifs is 15. The third-order valence-corrected chi connectivity index (χ3v) is 40.0. The van der Waals surface area contributed by atoms with Crippen LogP contribution in [-0.4, -0.2) is 0 Å². The van der Waals surface area contributed by atoms with Gasteiger partial charge >= 0.3 is 0 Å². The molecule has 1 heterocycles. The Hall–Kier alpha value is -11.3. The summed E-state index contributed by atoms with van der Waals surface area (Å²) in [5.74, 6) is 11.5. The van der Waals surface area contributed by atoms with Crippen molar-refractivity contribution < 1.29 is 0 Å². The molecule has 28 rings (SSSR count). The van der Waals surface area contributed by atoms with Gasteiger partial charge in [0.25, 0.3) is 0 Å². The summed E-state index contributed by atoms with van der Waals surface area (Å²) in [5.41, 5.74) is 34.7. The van der Waals surface area contributed by atoms with Crippen LogP contribution in [0.25, 0.3) is 42.4 Å². The van der Waals surface area contributed by atoms with E-state index in [1.54, 1.807) is 27.8 Å². The molecule has 0 spiro atoms. The highest BCUT2D eigenvalue weighted by Crippen LogP contribution is 2.65. The predicted molar refractivity (Wildman–Crippen MR) is 595 cm³/mol. The van der Waals surface area contributed by atoms with Crippen molar-refractivity contribution in [1.29, 1.82) is 0 Å². The zero-order valence-corrected chi connectivity index (χ0v) is 84.1. The van der Waals surface area contributed by atoms with E-state index >= 15 is 0 Å². The maximum atomic E-state index is 2.71. The fourth-order valence-corrected chi connectivity index (χ4v) is 33.3. The summed E-state index contributed by atoms with van der Waals surface area (Å²) in [6.07, 6.45) is 51.6. The average Bonchev–Trinajstić information content (AvgIpc) is 1.54. The number of benzene rings is 14. The highest BCUT2D eigenvalue weighted by molar-refractivity contribution is 7.26. The van der Waals surface area contributed by atoms with Gasteiger partial charge in [0.15, 0.2) is 0 Å². The van der Waals surface area contributed by atoms with E-state index in [2.05, 4.69) is 348 Å². The van der Waals surface area contributed by atoms with Gasteiger partial charge in [0.2, 0.25) is 0 Å². The Morgan fingerprint density at radius 3 is 0.957 bits per heavy atom. The first-order valence-corrected chi connectivity index (χ1v) is 57.2. The third kappa shape index (κ3) is 16.6. The molecule has 6 bridgehead atoms. The Kier molecular flexibility index (Phi) is 24.9. The van der Waals surface area contributed by atoms with Crippen molar-refractivity contribution in [1.82, 2.24) is 0 Å². The molecule has 0 saturated heterocycles. The number of hydrogen-bond donors (Lipinski definition) is 0. The number of rotatable bonds is 19. The molecule has 13 aliphatic rings. The highest BCUT2D eigenvalue weighted by atomic mass is 32.1. The van der Waals surface area contributed by atoms with Crippen LogP contribution >= 0.6 is 11.3 Å². The van der Waals surface area contributed by atoms with Gasteiger partial charge in [-0.15, -0.1) is 11.3 Å². The minimum atomic E-state index is -0.387. The van der Waals surface area contributed by atoms with Crippen LogP contribution in [0.15, 0.2) is 334 Å². The van der Waals surface area contributed by atoms with Crippen molar-refractivity contribution in [3.8, 4) is 22.3 Å². The minimum Gasteiger partial charge on any atom is -0.311 e. The van der Waals surface area contributed by atoms with Crippen LogP contribution in [0, 0.1) is 47.3 Å². The molecule has 0 radical (unpaired) electrons. The average molecular weight is 1860 g/mol. The maximum Gasteiger partial charge on any atom is 0.0713 e. The molecular weight excluding hydrogens is 1720 g/mol. The Morgan fingerprint density at radius 2 is 0.546 bits per heavy atom. The van der Waals surface area contributed by atoms with Crippen LogP contribution in [0.4, 0.5) is 51.2 Å². The second-order valence-electron chi connectivity index (χ2n) is 46.2. The minimum absolute atomic E-state index is 0.130. The third-order valence-electron chi connectivity index (χ3n) is 38.8. The first-order valence-electron chi connectivity index (χ1n) is 56.4. The molecule has 0 amide bonds. The molecule has 0 aliphatic heterocycles. The van der Waals surface area contributed by atoms with Crippen LogP contribution in [-0.2, 0) is 10.8 Å². The summed E-state index contributed by atoms with van der Waals surface area (Å²) in [7, 11) is 0. The summed E-state index contributed by atoms with van der Waals surface area (Å²) in [4.78, 5) is 7.60. The van der Waals surface area contributed by atoms with Gasteiger partial charge in [-0.3, -0.25) is 0 Å². The van der Waals surface area contributed by atoms with E-state index in [-0.39, 0.29) is 10.8 Å². The van der Waals surface area contributed by atoms with E-state index in [0.717, 1.165) is 76.9 Å². The summed E-state index contributed by atoms with van der Waals surface area (Å²) in [5, 5.41) is 2.72. The molecule has 9 atom stereocenters. The number of hydrogen-bond acceptors (Lipinski definition) is 4. The van der Waals surface area contributed by atoms with E-state index in [1.807, 2.05) is 11.3 Å². The lowest BCUT2D eigenvalue weighted by atomic mass is 9.55. The van der Waals surface area contributed by atoms with Crippen molar-refractivity contribution in [3.63, 3.8) is 0 Å². The number of nitrogens with zero attached hydrogens (tertiary/aromatic N) is 3. The molecule has 0 N–H and O–H groups in total. The summed E-state index contributed by atoms with van der Waals surface area (Å²) in [6, 6.07) is 130. The van der Waals surface area contributed by atoms with Gasteiger partial charge in [0.05, 0.1) is 11.1 Å². The van der Waals surface area contributed by atoms with Crippen molar-refractivity contribution in [2.45, 2.75) is 284 Å². The molecule has 9 unspecified atom stereocenters. The van der Waals surface area contributed by atoms with Gasteiger partial charge in [-0.05, 0) is 409 Å². The summed E-state index contributed by atoms with van der Waals surface area (Å²) < 4.78 is 2.72. The molecule has 3 nitrogen and oxygen atoms in total. The largest absolute Gasteiger partial charge is 0.311 e.